The van der Waals surface area contributed by atoms with Gasteiger partial charge in [-0.15, -0.1) is 0 Å². The van der Waals surface area contributed by atoms with Crippen LogP contribution in [0.25, 0.3) is 0 Å². The molecule has 106 valence electrons. The first-order valence-corrected chi connectivity index (χ1v) is 7.63. The summed E-state index contributed by atoms with van der Waals surface area (Å²) in [5.41, 5.74) is 0.964. The van der Waals surface area contributed by atoms with E-state index in [2.05, 4.69) is 34.8 Å². The van der Waals surface area contributed by atoms with Gasteiger partial charge >= 0.3 is 0 Å². The Balaban J connectivity index is 1.86. The van der Waals surface area contributed by atoms with Gasteiger partial charge in [-0.1, -0.05) is 34.1 Å². The maximum atomic E-state index is 10.3. The molecule has 0 saturated carbocycles. The fourth-order valence-corrected chi connectivity index (χ4v) is 3.24. The second-order valence-corrected chi connectivity index (χ2v) is 6.09. The number of halogens is 1. The van der Waals surface area contributed by atoms with E-state index in [-0.39, 0.29) is 0 Å². The average molecular weight is 328 g/mol. The van der Waals surface area contributed by atoms with Gasteiger partial charge < -0.3 is 14.7 Å². The highest BCUT2D eigenvalue weighted by Crippen LogP contribution is 2.26. The lowest BCUT2D eigenvalue weighted by atomic mass is 10.1. The Morgan fingerprint density at radius 2 is 2.21 bits per heavy atom. The van der Waals surface area contributed by atoms with Crippen molar-refractivity contribution in [3.8, 4) is 0 Å². The van der Waals surface area contributed by atoms with Gasteiger partial charge in [-0.05, 0) is 38.4 Å². The van der Waals surface area contributed by atoms with Crippen molar-refractivity contribution in [1.82, 2.24) is 4.90 Å². The molecule has 19 heavy (non-hydrogen) atoms. The van der Waals surface area contributed by atoms with E-state index in [9.17, 15) is 5.11 Å². The largest absolute Gasteiger partial charge is 0.388 e. The monoisotopic (exact) mass is 327 g/mol. The Morgan fingerprint density at radius 3 is 2.84 bits per heavy atom. The zero-order valence-electron chi connectivity index (χ0n) is 11.6. The zero-order valence-corrected chi connectivity index (χ0v) is 13.1. The van der Waals surface area contributed by atoms with Gasteiger partial charge in [-0.3, -0.25) is 0 Å². The van der Waals surface area contributed by atoms with Crippen molar-refractivity contribution in [2.75, 3.05) is 20.2 Å². The summed E-state index contributed by atoms with van der Waals surface area (Å²) in [6.07, 6.45) is 1.70. The number of ether oxygens (including phenoxy) is 1. The van der Waals surface area contributed by atoms with Crippen LogP contribution in [0.2, 0.25) is 0 Å². The highest BCUT2D eigenvalue weighted by atomic mass is 79.9. The van der Waals surface area contributed by atoms with Crippen LogP contribution in [0.3, 0.4) is 0 Å². The van der Waals surface area contributed by atoms with Gasteiger partial charge in [0, 0.05) is 23.7 Å². The van der Waals surface area contributed by atoms with Gasteiger partial charge in [0.25, 0.3) is 0 Å². The summed E-state index contributed by atoms with van der Waals surface area (Å²) < 4.78 is 6.56. The molecular formula is C15H22BrNO2. The molecule has 1 fully saturated rings. The van der Waals surface area contributed by atoms with Crippen LogP contribution in [0.15, 0.2) is 28.7 Å². The number of likely N-dealkylation sites (N-methyl/N-ethyl adjacent to an activating group) is 1. The molecule has 1 heterocycles. The standard InChI is InChI=1S/C15H22BrNO2/c1-11-14(8-10-19-11)17(2)9-7-15(18)12-5-3-4-6-13(12)16/h3-6,11,14-15,18H,7-10H2,1-2H3. The summed E-state index contributed by atoms with van der Waals surface area (Å²) >= 11 is 3.49. The molecule has 1 aromatic carbocycles. The maximum Gasteiger partial charge on any atom is 0.0813 e. The summed E-state index contributed by atoms with van der Waals surface area (Å²) in [7, 11) is 2.11. The summed E-state index contributed by atoms with van der Waals surface area (Å²) in [5.74, 6) is 0. The normalized spacial score (nSPS) is 24.9. The molecule has 0 radical (unpaired) electrons. The molecule has 1 N–H and O–H groups in total. The molecule has 0 aromatic heterocycles. The minimum atomic E-state index is -0.421. The number of hydrogen-bond acceptors (Lipinski definition) is 3. The minimum absolute atomic E-state index is 0.297. The van der Waals surface area contributed by atoms with Crippen molar-refractivity contribution in [3.05, 3.63) is 34.3 Å². The van der Waals surface area contributed by atoms with Crippen molar-refractivity contribution < 1.29 is 9.84 Å². The first kappa shape index (κ1) is 15.0. The SMILES string of the molecule is CC1OCCC1N(C)CCC(O)c1ccccc1Br. The molecular weight excluding hydrogens is 306 g/mol. The zero-order chi connectivity index (χ0) is 13.8. The lowest BCUT2D eigenvalue weighted by Gasteiger charge is -2.27. The average Bonchev–Trinajstić information content (AvgIpc) is 2.82. The van der Waals surface area contributed by atoms with Crippen molar-refractivity contribution in [2.45, 2.75) is 38.0 Å². The molecule has 0 amide bonds. The molecule has 1 aliphatic rings. The third-order valence-corrected chi connectivity index (χ3v) is 4.64. The predicted molar refractivity (Wildman–Crippen MR) is 80.2 cm³/mol. The highest BCUT2D eigenvalue weighted by Gasteiger charge is 2.27. The lowest BCUT2D eigenvalue weighted by molar-refractivity contribution is 0.0748. The van der Waals surface area contributed by atoms with Gasteiger partial charge in [-0.2, -0.15) is 0 Å². The molecule has 1 aliphatic heterocycles. The Kier molecular flexibility index (Phi) is 5.39. The van der Waals surface area contributed by atoms with Gasteiger partial charge in [0.1, 0.15) is 0 Å². The number of aliphatic hydroxyl groups is 1. The molecule has 4 heteroatoms. The number of nitrogens with zero attached hydrogens (tertiary/aromatic N) is 1. The molecule has 0 spiro atoms. The second kappa shape index (κ2) is 6.84. The molecule has 3 unspecified atom stereocenters. The fraction of sp³-hybridized carbons (Fsp3) is 0.600. The van der Waals surface area contributed by atoms with Gasteiger partial charge in [0.05, 0.1) is 12.2 Å². The molecule has 1 aromatic rings. The summed E-state index contributed by atoms with van der Waals surface area (Å²) in [5, 5.41) is 10.3. The highest BCUT2D eigenvalue weighted by molar-refractivity contribution is 9.10. The third kappa shape index (κ3) is 3.78. The van der Waals surface area contributed by atoms with Crippen LogP contribution in [-0.4, -0.2) is 42.4 Å². The van der Waals surface area contributed by atoms with E-state index in [1.54, 1.807) is 0 Å². The van der Waals surface area contributed by atoms with E-state index < -0.39 is 6.10 Å². The van der Waals surface area contributed by atoms with Crippen LogP contribution >= 0.6 is 15.9 Å². The van der Waals surface area contributed by atoms with Gasteiger partial charge in [-0.25, -0.2) is 0 Å². The quantitative estimate of drug-likeness (QED) is 0.902. The van der Waals surface area contributed by atoms with Crippen molar-refractivity contribution in [1.29, 1.82) is 0 Å². The van der Waals surface area contributed by atoms with E-state index in [0.29, 0.717) is 12.1 Å². The summed E-state index contributed by atoms with van der Waals surface area (Å²) in [6.45, 7) is 3.85. The summed E-state index contributed by atoms with van der Waals surface area (Å²) in [4.78, 5) is 2.30. The molecule has 2 rings (SSSR count). The molecule has 0 bridgehead atoms. The van der Waals surface area contributed by atoms with Crippen LogP contribution in [-0.2, 0) is 4.74 Å². The Labute approximate surface area is 123 Å². The predicted octanol–water partition coefficient (Wildman–Crippen LogP) is 2.98. The van der Waals surface area contributed by atoms with E-state index in [0.717, 1.165) is 36.0 Å². The topological polar surface area (TPSA) is 32.7 Å². The molecule has 0 aliphatic carbocycles. The maximum absolute atomic E-state index is 10.3. The molecule has 3 nitrogen and oxygen atoms in total. The van der Waals surface area contributed by atoms with E-state index >= 15 is 0 Å². The van der Waals surface area contributed by atoms with Crippen LogP contribution in [0.5, 0.6) is 0 Å². The number of rotatable bonds is 5. The van der Waals surface area contributed by atoms with E-state index in [4.69, 9.17) is 4.74 Å². The third-order valence-electron chi connectivity index (χ3n) is 3.92. The molecule has 1 saturated heterocycles. The smallest absolute Gasteiger partial charge is 0.0813 e. The van der Waals surface area contributed by atoms with Crippen LogP contribution in [0.1, 0.15) is 31.4 Å². The summed E-state index contributed by atoms with van der Waals surface area (Å²) in [6, 6.07) is 8.33. The fourth-order valence-electron chi connectivity index (χ4n) is 2.69. The number of benzene rings is 1. The Morgan fingerprint density at radius 1 is 1.47 bits per heavy atom. The van der Waals surface area contributed by atoms with Crippen molar-refractivity contribution >= 4 is 15.9 Å². The Hall–Kier alpha value is -0.420. The van der Waals surface area contributed by atoms with E-state index in [1.807, 2.05) is 24.3 Å². The van der Waals surface area contributed by atoms with Crippen LogP contribution < -0.4 is 0 Å². The lowest BCUT2D eigenvalue weighted by Crippen LogP contribution is -2.37. The van der Waals surface area contributed by atoms with E-state index in [1.165, 1.54) is 0 Å². The van der Waals surface area contributed by atoms with Crippen molar-refractivity contribution in [2.24, 2.45) is 0 Å². The number of aliphatic hydroxyl groups excluding tert-OH is 1. The van der Waals surface area contributed by atoms with Gasteiger partial charge in [0.2, 0.25) is 0 Å². The van der Waals surface area contributed by atoms with Gasteiger partial charge in [0.15, 0.2) is 0 Å². The first-order valence-electron chi connectivity index (χ1n) is 6.84. The number of hydrogen-bond donors (Lipinski definition) is 1. The van der Waals surface area contributed by atoms with Crippen molar-refractivity contribution in [3.63, 3.8) is 0 Å². The first-order chi connectivity index (χ1) is 9.09. The molecule has 3 atom stereocenters. The van der Waals surface area contributed by atoms with Crippen LogP contribution in [0, 0.1) is 0 Å². The Bertz CT molecular complexity index is 413. The minimum Gasteiger partial charge on any atom is -0.388 e. The van der Waals surface area contributed by atoms with Crippen LogP contribution in [0.4, 0.5) is 0 Å². The second-order valence-electron chi connectivity index (χ2n) is 5.24.